The van der Waals surface area contributed by atoms with Crippen LogP contribution in [0.5, 0.6) is 0 Å². The molecule has 33 heteroatoms. The maximum absolute atomic E-state index is 16.1. The Bertz CT molecular complexity index is 4840. The Balaban J connectivity index is 1.26. The highest BCUT2D eigenvalue weighted by Gasteiger charge is 2.44. The molecule has 0 saturated carbocycles. The van der Waals surface area contributed by atoms with Crippen LogP contribution in [-0.2, 0) is 61.8 Å². The van der Waals surface area contributed by atoms with E-state index in [9.17, 15) is 124 Å². The molecular formula is C71H29F30N3. The number of nitrogens with zero attached hydrogens (tertiary/aromatic N) is 3. The van der Waals surface area contributed by atoms with Crippen molar-refractivity contribution >= 4 is 43.6 Å². The van der Waals surface area contributed by atoms with Gasteiger partial charge in [-0.05, 0) is 196 Å². The first-order valence-corrected chi connectivity index (χ1v) is 29.0. The number of fused-ring (bicyclic) bond motifs is 6. The van der Waals surface area contributed by atoms with E-state index < -0.39 is 240 Å². The fourth-order valence-corrected chi connectivity index (χ4v) is 12.2. The van der Waals surface area contributed by atoms with Crippen LogP contribution in [0.15, 0.2) is 176 Å². The monoisotopic (exact) mass is 1490 g/mol. The van der Waals surface area contributed by atoms with Gasteiger partial charge in [0.2, 0.25) is 0 Å². The van der Waals surface area contributed by atoms with Gasteiger partial charge < -0.3 is 9.13 Å². The summed E-state index contributed by atoms with van der Waals surface area (Å²) >= 11 is 0. The van der Waals surface area contributed by atoms with Crippen molar-refractivity contribution in [2.45, 2.75) is 61.8 Å². The van der Waals surface area contributed by atoms with Crippen LogP contribution in [0.4, 0.5) is 132 Å². The third-order valence-electron chi connectivity index (χ3n) is 16.8. The van der Waals surface area contributed by atoms with Gasteiger partial charge in [0, 0.05) is 27.1 Å². The van der Waals surface area contributed by atoms with E-state index >= 15 is 13.2 Å². The molecule has 3 nitrogen and oxygen atoms in total. The second kappa shape index (κ2) is 24.1. The van der Waals surface area contributed by atoms with Crippen molar-refractivity contribution in [1.29, 1.82) is 5.26 Å². The fraction of sp³-hybridized carbons (Fsp3) is 0.141. The van der Waals surface area contributed by atoms with Crippen LogP contribution in [0, 0.1) is 11.3 Å². The minimum atomic E-state index is -5.95. The Kier molecular flexibility index (Phi) is 16.9. The summed E-state index contributed by atoms with van der Waals surface area (Å²) in [7, 11) is 0. The lowest BCUT2D eigenvalue weighted by atomic mass is 9.92. The Hall–Kier alpha value is -10.8. The summed E-state index contributed by atoms with van der Waals surface area (Å²) in [6, 6.07) is 13.8. The van der Waals surface area contributed by atoms with Crippen molar-refractivity contribution < 1.29 is 132 Å². The molecule has 0 spiro atoms. The zero-order valence-electron chi connectivity index (χ0n) is 50.4. The minimum absolute atomic E-state index is 0.105. The van der Waals surface area contributed by atoms with Crippen LogP contribution in [0.3, 0.4) is 0 Å². The van der Waals surface area contributed by atoms with E-state index in [2.05, 4.69) is 0 Å². The molecule has 2 aromatic heterocycles. The SMILES string of the molecule is N#Cc1cc(-n2c3ccc(-c4cc(C(F)(F)F)cc(C(F)(F)F)c4)cc3c3cc(-c4cc(C(F)(F)F)cc(C(F)(F)F)c4)ccc32)c(-c2ccc(C(F)(F)F)cc2C(F)(F)F)c(-n2c3ccc(-c4cc(C(F)(F)F)cc(C(F)(F)F)c4)cc3c3cc(-c4cc(C(F)(F)F)cc(C(F)(F)F)c4)ccc32)c1. The number of halogens is 30. The molecule has 104 heavy (non-hydrogen) atoms. The Morgan fingerprint density at radius 1 is 0.221 bits per heavy atom. The summed E-state index contributed by atoms with van der Waals surface area (Å²) in [6.45, 7) is 0. The number of rotatable bonds is 7. The van der Waals surface area contributed by atoms with E-state index in [0.717, 1.165) is 94.1 Å². The van der Waals surface area contributed by atoms with Crippen molar-refractivity contribution in [2.75, 3.05) is 0 Å². The third kappa shape index (κ3) is 13.8. The maximum atomic E-state index is 16.1. The molecule has 12 rings (SSSR count). The molecule has 0 saturated heterocycles. The van der Waals surface area contributed by atoms with Crippen LogP contribution in [-0.4, -0.2) is 9.13 Å². The zero-order chi connectivity index (χ0) is 76.3. The molecule has 0 aliphatic rings. The van der Waals surface area contributed by atoms with E-state index in [1.807, 2.05) is 0 Å². The van der Waals surface area contributed by atoms with Gasteiger partial charge in [-0.15, -0.1) is 0 Å². The van der Waals surface area contributed by atoms with Crippen molar-refractivity contribution in [2.24, 2.45) is 0 Å². The summed E-state index contributed by atoms with van der Waals surface area (Å²) in [6.07, 6.45) is -55.7. The largest absolute Gasteiger partial charge is 0.417 e. The number of nitriles is 1. The number of alkyl halides is 30. The quantitative estimate of drug-likeness (QED) is 0.146. The van der Waals surface area contributed by atoms with E-state index in [1.165, 1.54) is 0 Å². The molecule has 0 amide bonds. The summed E-state index contributed by atoms with van der Waals surface area (Å²) in [5, 5.41) is 8.96. The van der Waals surface area contributed by atoms with Crippen LogP contribution < -0.4 is 0 Å². The first kappa shape index (κ1) is 73.0. The van der Waals surface area contributed by atoms with Crippen molar-refractivity contribution in [3.63, 3.8) is 0 Å². The normalized spacial score (nSPS) is 13.5. The molecule has 0 N–H and O–H groups in total. The van der Waals surface area contributed by atoms with Gasteiger partial charge in [0.25, 0.3) is 0 Å². The van der Waals surface area contributed by atoms with E-state index in [4.69, 9.17) is 0 Å². The summed E-state index contributed by atoms with van der Waals surface area (Å²) in [5.41, 5.74) is -32.3. The van der Waals surface area contributed by atoms with Crippen LogP contribution in [0.1, 0.15) is 61.2 Å². The van der Waals surface area contributed by atoms with Gasteiger partial charge in [0.05, 0.1) is 101 Å². The predicted molar refractivity (Wildman–Crippen MR) is 317 cm³/mol. The third-order valence-corrected chi connectivity index (χ3v) is 16.8. The number of hydrogen-bond donors (Lipinski definition) is 0. The highest BCUT2D eigenvalue weighted by atomic mass is 19.4. The van der Waals surface area contributed by atoms with Crippen molar-refractivity contribution in [3.8, 4) is 73.1 Å². The predicted octanol–water partition coefficient (Wildman–Crippen LogP) is 26.3. The summed E-state index contributed by atoms with van der Waals surface area (Å²) in [4.78, 5) is 0. The van der Waals surface area contributed by atoms with Crippen LogP contribution in [0.2, 0.25) is 0 Å². The maximum Gasteiger partial charge on any atom is 0.417 e. The van der Waals surface area contributed by atoms with Gasteiger partial charge in [-0.3, -0.25) is 0 Å². The Morgan fingerprint density at radius 2 is 0.452 bits per heavy atom. The average Bonchev–Trinajstić information content (AvgIpc) is 1.48. The van der Waals surface area contributed by atoms with E-state index in [-0.39, 0.29) is 84.9 Å². The van der Waals surface area contributed by atoms with Gasteiger partial charge in [-0.1, -0.05) is 30.3 Å². The first-order chi connectivity index (χ1) is 47.8. The second-order valence-corrected chi connectivity index (χ2v) is 23.5. The molecule has 0 bridgehead atoms. The Morgan fingerprint density at radius 3 is 0.654 bits per heavy atom. The highest BCUT2D eigenvalue weighted by molar-refractivity contribution is 6.14. The standard InChI is InChI=1S/C71H29F30N3/c72-62(73,74)40-5-6-49(54(29-40)71(99,100)101)61-59(103-55-7-1-32(36-13-41(63(75,76)77)25-42(14-36)64(78,79)80)21-50(55)51-22-33(2-8-56(51)103)37-15-43(65(81,82)83)26-44(16-37)66(84,85)86)11-31(30-102)12-60(61)104-57-9-3-34(38-17-45(67(87,88)89)27-46(18-38)68(90,91)92)23-52(57)53-24-35(4-10-58(53)104)39-19-47(69(93,94)95)28-48(20-39)70(96,97)98/h1-29H. The van der Waals surface area contributed by atoms with E-state index in [0.29, 0.717) is 0 Å². The summed E-state index contributed by atoms with van der Waals surface area (Å²) in [5.74, 6) is 0. The average molecular weight is 1490 g/mol. The topological polar surface area (TPSA) is 33.6 Å². The second-order valence-electron chi connectivity index (χ2n) is 23.5. The fourth-order valence-electron chi connectivity index (χ4n) is 12.2. The molecule has 0 fully saturated rings. The van der Waals surface area contributed by atoms with Gasteiger partial charge in [-0.25, -0.2) is 0 Å². The minimum Gasteiger partial charge on any atom is -0.308 e. The number of benzene rings is 10. The van der Waals surface area contributed by atoms with Gasteiger partial charge in [-0.2, -0.15) is 137 Å². The molecule has 12 aromatic rings. The van der Waals surface area contributed by atoms with Gasteiger partial charge in [0.15, 0.2) is 0 Å². The zero-order valence-corrected chi connectivity index (χ0v) is 50.4. The number of hydrogen-bond acceptors (Lipinski definition) is 1. The lowest BCUT2D eigenvalue weighted by Gasteiger charge is -2.24. The molecule has 0 aliphatic heterocycles. The summed E-state index contributed by atoms with van der Waals surface area (Å²) < 4.78 is 440. The first-order valence-electron chi connectivity index (χ1n) is 29.0. The van der Waals surface area contributed by atoms with Crippen LogP contribution >= 0.6 is 0 Å². The Labute approximate surface area is 560 Å². The molecule has 0 aliphatic carbocycles. The van der Waals surface area contributed by atoms with Crippen LogP contribution in [0.25, 0.3) is 111 Å². The molecule has 0 unspecified atom stereocenters. The molecule has 2 heterocycles. The molecule has 538 valence electrons. The molecule has 0 radical (unpaired) electrons. The van der Waals surface area contributed by atoms with Crippen molar-refractivity contribution in [3.05, 3.63) is 237 Å². The lowest BCUT2D eigenvalue weighted by Crippen LogP contribution is -2.14. The molecular weight excluding hydrogens is 1460 g/mol. The van der Waals surface area contributed by atoms with E-state index in [1.54, 1.807) is 6.07 Å². The van der Waals surface area contributed by atoms with Gasteiger partial charge >= 0.3 is 61.8 Å². The lowest BCUT2D eigenvalue weighted by molar-refractivity contribution is -0.144. The smallest absolute Gasteiger partial charge is 0.308 e. The van der Waals surface area contributed by atoms with Gasteiger partial charge in [0.1, 0.15) is 0 Å². The van der Waals surface area contributed by atoms with Crippen molar-refractivity contribution in [1.82, 2.24) is 9.13 Å². The molecule has 10 aromatic carbocycles. The molecule has 0 atom stereocenters. The number of aromatic nitrogens is 2. The highest BCUT2D eigenvalue weighted by Crippen LogP contribution is 2.52.